The van der Waals surface area contributed by atoms with Crippen LogP contribution in [0.3, 0.4) is 0 Å². The molecule has 0 bridgehead atoms. The molecule has 1 saturated heterocycles. The summed E-state index contributed by atoms with van der Waals surface area (Å²) in [6.45, 7) is 6.42. The zero-order chi connectivity index (χ0) is 11.8. The van der Waals surface area contributed by atoms with E-state index in [1.165, 1.54) is 0 Å². The molecule has 6 heteroatoms. The third kappa shape index (κ3) is 2.74. The second kappa shape index (κ2) is 4.34. The molecule has 0 atom stereocenters. The number of piperidine rings is 1. The summed E-state index contributed by atoms with van der Waals surface area (Å²) in [4.78, 5) is 14.0. The highest BCUT2D eigenvalue weighted by atomic mass is 35.5. The van der Waals surface area contributed by atoms with Gasteiger partial charge in [0.05, 0.1) is 0 Å². The summed E-state index contributed by atoms with van der Waals surface area (Å²) in [6.07, 6.45) is 2.24. The van der Waals surface area contributed by atoms with E-state index in [9.17, 15) is 0 Å². The van der Waals surface area contributed by atoms with E-state index in [1.54, 1.807) is 0 Å². The third-order valence-electron chi connectivity index (χ3n) is 2.97. The lowest BCUT2D eigenvalue weighted by molar-refractivity contribution is 0.278. The van der Waals surface area contributed by atoms with Crippen molar-refractivity contribution in [1.29, 1.82) is 0 Å². The minimum atomic E-state index is 0.153. The smallest absolute Gasteiger partial charge is 0.230 e. The second-order valence-corrected chi connectivity index (χ2v) is 5.50. The molecule has 1 aromatic heterocycles. The molecule has 4 nitrogen and oxygen atoms in total. The quantitative estimate of drug-likeness (QED) is 0.779. The fraction of sp³-hybridized carbons (Fsp3) is 0.700. The molecule has 0 spiro atoms. The average molecular weight is 261 g/mol. The normalized spacial score (nSPS) is 19.9. The molecule has 1 aromatic rings. The highest BCUT2D eigenvalue weighted by molar-refractivity contribution is 6.31. The van der Waals surface area contributed by atoms with E-state index >= 15 is 0 Å². The molecule has 88 valence electrons. The maximum Gasteiger partial charge on any atom is 0.230 e. The van der Waals surface area contributed by atoms with Gasteiger partial charge in [-0.2, -0.15) is 15.0 Å². The van der Waals surface area contributed by atoms with E-state index in [4.69, 9.17) is 23.2 Å². The Morgan fingerprint density at radius 2 is 1.50 bits per heavy atom. The van der Waals surface area contributed by atoms with Crippen LogP contribution >= 0.6 is 23.2 Å². The van der Waals surface area contributed by atoms with Gasteiger partial charge >= 0.3 is 0 Å². The Morgan fingerprint density at radius 3 is 2.00 bits per heavy atom. The van der Waals surface area contributed by atoms with E-state index in [0.29, 0.717) is 11.4 Å². The minimum Gasteiger partial charge on any atom is -0.341 e. The number of aromatic nitrogens is 3. The Morgan fingerprint density at radius 1 is 1.00 bits per heavy atom. The molecule has 0 radical (unpaired) electrons. The number of nitrogens with zero attached hydrogens (tertiary/aromatic N) is 4. The van der Waals surface area contributed by atoms with Gasteiger partial charge in [0.15, 0.2) is 0 Å². The molecule has 0 aliphatic carbocycles. The lowest BCUT2D eigenvalue weighted by Gasteiger charge is -2.36. The van der Waals surface area contributed by atoms with Crippen molar-refractivity contribution < 1.29 is 0 Å². The van der Waals surface area contributed by atoms with Crippen LogP contribution in [0.5, 0.6) is 0 Å². The molecule has 1 aliphatic rings. The van der Waals surface area contributed by atoms with E-state index in [-0.39, 0.29) is 10.6 Å². The fourth-order valence-electron chi connectivity index (χ4n) is 1.77. The van der Waals surface area contributed by atoms with Gasteiger partial charge in [-0.3, -0.25) is 0 Å². The molecule has 0 saturated carbocycles. The van der Waals surface area contributed by atoms with E-state index < -0.39 is 0 Å². The molecule has 0 unspecified atom stereocenters. The number of halogens is 2. The van der Waals surface area contributed by atoms with Gasteiger partial charge < -0.3 is 4.90 Å². The first-order chi connectivity index (χ1) is 7.46. The zero-order valence-corrected chi connectivity index (χ0v) is 10.9. The number of rotatable bonds is 1. The van der Waals surface area contributed by atoms with Gasteiger partial charge in [0.2, 0.25) is 16.5 Å². The summed E-state index contributed by atoms with van der Waals surface area (Å²) in [6, 6.07) is 0. The summed E-state index contributed by atoms with van der Waals surface area (Å²) in [5.41, 5.74) is 0.400. The van der Waals surface area contributed by atoms with Crippen LogP contribution in [-0.4, -0.2) is 28.0 Å². The first-order valence-corrected chi connectivity index (χ1v) is 6.04. The summed E-state index contributed by atoms with van der Waals surface area (Å²) in [5.74, 6) is 0.584. The van der Waals surface area contributed by atoms with Crippen LogP contribution in [0.2, 0.25) is 10.6 Å². The van der Waals surface area contributed by atoms with Crippen molar-refractivity contribution in [1.82, 2.24) is 15.0 Å². The lowest BCUT2D eigenvalue weighted by Crippen LogP contribution is -2.38. The van der Waals surface area contributed by atoms with E-state index in [1.807, 2.05) is 0 Å². The summed E-state index contributed by atoms with van der Waals surface area (Å²) in [5, 5.41) is 0.305. The maximum atomic E-state index is 5.75. The predicted octanol–water partition coefficient (Wildman–Crippen LogP) is 2.80. The van der Waals surface area contributed by atoms with Crippen molar-refractivity contribution in [2.45, 2.75) is 26.7 Å². The van der Waals surface area contributed by atoms with Crippen molar-refractivity contribution >= 4 is 29.2 Å². The van der Waals surface area contributed by atoms with Crippen LogP contribution in [0, 0.1) is 5.41 Å². The lowest BCUT2D eigenvalue weighted by atomic mass is 9.83. The van der Waals surface area contributed by atoms with Gasteiger partial charge in [0.1, 0.15) is 0 Å². The van der Waals surface area contributed by atoms with Gasteiger partial charge in [-0.1, -0.05) is 13.8 Å². The Hall–Kier alpha value is -0.610. The van der Waals surface area contributed by atoms with E-state index in [2.05, 4.69) is 33.7 Å². The van der Waals surface area contributed by atoms with Crippen LogP contribution in [-0.2, 0) is 0 Å². The van der Waals surface area contributed by atoms with Crippen LogP contribution in [0.1, 0.15) is 26.7 Å². The van der Waals surface area contributed by atoms with Gasteiger partial charge in [0, 0.05) is 13.1 Å². The number of anilines is 1. The Balaban J connectivity index is 2.14. The summed E-state index contributed by atoms with van der Waals surface area (Å²) < 4.78 is 0. The molecule has 1 aliphatic heterocycles. The van der Waals surface area contributed by atoms with Crippen molar-refractivity contribution in [3.05, 3.63) is 10.6 Å². The largest absolute Gasteiger partial charge is 0.341 e. The van der Waals surface area contributed by atoms with Gasteiger partial charge in [-0.15, -0.1) is 0 Å². The molecule has 0 amide bonds. The van der Waals surface area contributed by atoms with Crippen LogP contribution in [0.4, 0.5) is 5.95 Å². The van der Waals surface area contributed by atoms with Crippen LogP contribution in [0.25, 0.3) is 0 Å². The molecule has 16 heavy (non-hydrogen) atoms. The zero-order valence-electron chi connectivity index (χ0n) is 9.37. The maximum absolute atomic E-state index is 5.75. The van der Waals surface area contributed by atoms with Crippen molar-refractivity contribution in [3.63, 3.8) is 0 Å². The standard InChI is InChI=1S/C10H14Cl2N4/c1-10(2)3-5-16(6-4-10)9-14-7(11)13-8(12)15-9/h3-6H2,1-2H3. The SMILES string of the molecule is CC1(C)CCN(c2nc(Cl)nc(Cl)n2)CC1. The highest BCUT2D eigenvalue weighted by Crippen LogP contribution is 2.31. The molecule has 0 aromatic carbocycles. The molecule has 2 heterocycles. The molecule has 0 N–H and O–H groups in total. The number of hydrogen-bond acceptors (Lipinski definition) is 4. The molecular formula is C10H14Cl2N4. The highest BCUT2D eigenvalue weighted by Gasteiger charge is 2.26. The topological polar surface area (TPSA) is 41.9 Å². The van der Waals surface area contributed by atoms with Crippen LogP contribution in [0.15, 0.2) is 0 Å². The van der Waals surface area contributed by atoms with Gasteiger partial charge in [0.25, 0.3) is 0 Å². The fourth-order valence-corrected chi connectivity index (χ4v) is 2.12. The van der Waals surface area contributed by atoms with E-state index in [0.717, 1.165) is 25.9 Å². The summed E-state index contributed by atoms with van der Waals surface area (Å²) in [7, 11) is 0. The molecule has 2 rings (SSSR count). The Kier molecular flexibility index (Phi) is 3.22. The molecule has 1 fully saturated rings. The monoisotopic (exact) mass is 260 g/mol. The first-order valence-electron chi connectivity index (χ1n) is 5.28. The van der Waals surface area contributed by atoms with Crippen LogP contribution < -0.4 is 4.90 Å². The van der Waals surface area contributed by atoms with Gasteiger partial charge in [-0.25, -0.2) is 0 Å². The second-order valence-electron chi connectivity index (χ2n) is 4.82. The Bertz CT molecular complexity index is 364. The number of hydrogen-bond donors (Lipinski definition) is 0. The predicted molar refractivity (Wildman–Crippen MR) is 65.1 cm³/mol. The van der Waals surface area contributed by atoms with Gasteiger partial charge in [-0.05, 0) is 41.5 Å². The van der Waals surface area contributed by atoms with Crippen molar-refractivity contribution in [2.75, 3.05) is 18.0 Å². The van der Waals surface area contributed by atoms with Crippen molar-refractivity contribution in [2.24, 2.45) is 5.41 Å². The average Bonchev–Trinajstić information content (AvgIpc) is 2.15. The Labute approximate surface area is 105 Å². The first kappa shape index (κ1) is 11.9. The minimum absolute atomic E-state index is 0.153. The summed E-state index contributed by atoms with van der Waals surface area (Å²) >= 11 is 11.5. The molecular weight excluding hydrogens is 247 g/mol. The van der Waals surface area contributed by atoms with Crippen molar-refractivity contribution in [3.8, 4) is 0 Å². The third-order valence-corrected chi connectivity index (χ3v) is 3.31.